The minimum absolute atomic E-state index is 0.00236. The summed E-state index contributed by atoms with van der Waals surface area (Å²) >= 11 is 0. The zero-order valence-electron chi connectivity index (χ0n) is 18.9. The molecule has 0 radical (unpaired) electrons. The highest BCUT2D eigenvalue weighted by Crippen LogP contribution is 2.23. The molecule has 14 heteroatoms. The molecular formula is C21H28N4O8S2. The van der Waals surface area contributed by atoms with Gasteiger partial charge in [-0.25, -0.2) is 26.3 Å². The lowest BCUT2D eigenvalue weighted by molar-refractivity contribution is 0.147. The quantitative estimate of drug-likeness (QED) is 0.156. The summed E-state index contributed by atoms with van der Waals surface area (Å²) in [6.45, 7) is 1.59. The number of hydrogen-bond donors (Lipinski definition) is 4. The van der Waals surface area contributed by atoms with Gasteiger partial charge in [-0.15, -0.1) is 0 Å². The predicted molar refractivity (Wildman–Crippen MR) is 130 cm³/mol. The van der Waals surface area contributed by atoms with Gasteiger partial charge in [0.1, 0.15) is 11.2 Å². The van der Waals surface area contributed by atoms with Crippen LogP contribution in [0.5, 0.6) is 0 Å². The average molecular weight is 529 g/mol. The highest BCUT2D eigenvalue weighted by atomic mass is 32.2. The molecule has 0 aliphatic rings. The molecule has 3 rings (SSSR count). The van der Waals surface area contributed by atoms with Crippen LogP contribution in [-0.2, 0) is 29.5 Å². The molecule has 2 aromatic carbocycles. The van der Waals surface area contributed by atoms with E-state index in [2.05, 4.69) is 9.44 Å². The van der Waals surface area contributed by atoms with Crippen molar-refractivity contribution in [1.29, 1.82) is 0 Å². The van der Waals surface area contributed by atoms with Crippen molar-refractivity contribution in [3.8, 4) is 0 Å². The van der Waals surface area contributed by atoms with Crippen LogP contribution in [0, 0.1) is 0 Å². The largest absolute Gasteiger partial charge is 0.456 e. The van der Waals surface area contributed by atoms with Crippen LogP contribution >= 0.6 is 0 Å². The minimum Gasteiger partial charge on any atom is -0.456 e. The van der Waals surface area contributed by atoms with E-state index < -0.39 is 25.5 Å². The standard InChI is InChI=1S/C21H28N4O8S2/c22-5-9-31-11-7-24-34(27,28)15-1-3-19-17(13-15)21(26)18-14-16(2-4-20(18)33-19)35(29,30)25-8-12-32-10-6-23/h1-4,13-14,24-25H,5-12,22-23H2. The minimum atomic E-state index is -3.92. The van der Waals surface area contributed by atoms with Crippen molar-refractivity contribution >= 4 is 42.0 Å². The van der Waals surface area contributed by atoms with Gasteiger partial charge in [-0.05, 0) is 36.4 Å². The number of benzene rings is 2. The monoisotopic (exact) mass is 528 g/mol. The third-order valence-electron chi connectivity index (χ3n) is 4.83. The van der Waals surface area contributed by atoms with Gasteiger partial charge in [0.25, 0.3) is 0 Å². The van der Waals surface area contributed by atoms with E-state index in [4.69, 9.17) is 25.4 Å². The summed E-state index contributed by atoms with van der Waals surface area (Å²) in [5, 5.41) is -0.00473. The lowest BCUT2D eigenvalue weighted by atomic mass is 10.1. The Balaban J connectivity index is 1.89. The van der Waals surface area contributed by atoms with E-state index in [-0.39, 0.29) is 58.0 Å². The number of rotatable bonds is 14. The number of nitrogens with two attached hydrogens (primary N) is 2. The first-order chi connectivity index (χ1) is 16.7. The van der Waals surface area contributed by atoms with E-state index in [9.17, 15) is 21.6 Å². The summed E-state index contributed by atoms with van der Waals surface area (Å²) in [7, 11) is -7.85. The van der Waals surface area contributed by atoms with Crippen molar-refractivity contribution in [2.75, 3.05) is 52.6 Å². The van der Waals surface area contributed by atoms with Gasteiger partial charge in [0, 0.05) is 26.2 Å². The van der Waals surface area contributed by atoms with Gasteiger partial charge in [-0.2, -0.15) is 0 Å². The second-order valence-corrected chi connectivity index (χ2v) is 10.9. The van der Waals surface area contributed by atoms with Crippen LogP contribution in [0.25, 0.3) is 21.9 Å². The fraction of sp³-hybridized carbons (Fsp3) is 0.381. The molecule has 0 saturated heterocycles. The van der Waals surface area contributed by atoms with Crippen LogP contribution in [0.2, 0.25) is 0 Å². The maximum atomic E-state index is 13.2. The lowest BCUT2D eigenvalue weighted by Gasteiger charge is -2.09. The third kappa shape index (κ3) is 6.83. The molecule has 0 fully saturated rings. The van der Waals surface area contributed by atoms with Gasteiger partial charge < -0.3 is 25.4 Å². The van der Waals surface area contributed by atoms with Crippen molar-refractivity contribution in [3.63, 3.8) is 0 Å². The maximum Gasteiger partial charge on any atom is 0.240 e. The van der Waals surface area contributed by atoms with Crippen LogP contribution in [0.1, 0.15) is 0 Å². The first kappa shape index (κ1) is 27.2. The van der Waals surface area contributed by atoms with Gasteiger partial charge >= 0.3 is 0 Å². The highest BCUT2D eigenvalue weighted by Gasteiger charge is 2.19. The van der Waals surface area contributed by atoms with E-state index in [1.165, 1.54) is 36.4 Å². The molecule has 0 spiro atoms. The molecule has 0 unspecified atom stereocenters. The Bertz CT molecular complexity index is 1330. The maximum absolute atomic E-state index is 13.2. The summed E-state index contributed by atoms with van der Waals surface area (Å²) in [4.78, 5) is 12.9. The van der Waals surface area contributed by atoms with Crippen molar-refractivity contribution in [1.82, 2.24) is 9.44 Å². The molecule has 0 aliphatic heterocycles. The van der Waals surface area contributed by atoms with Gasteiger partial charge in [-0.3, -0.25) is 4.79 Å². The summed E-state index contributed by atoms with van der Waals surface area (Å²) in [6, 6.07) is 7.77. The molecule has 0 bridgehead atoms. The van der Waals surface area contributed by atoms with Crippen LogP contribution in [-0.4, -0.2) is 69.4 Å². The summed E-state index contributed by atoms with van der Waals surface area (Å²) in [5.74, 6) is 0. The van der Waals surface area contributed by atoms with Crippen molar-refractivity contribution in [2.45, 2.75) is 9.79 Å². The molecule has 35 heavy (non-hydrogen) atoms. The molecule has 0 saturated carbocycles. The Kier molecular flexibility index (Phi) is 9.32. The summed E-state index contributed by atoms with van der Waals surface area (Å²) < 4.78 is 71.2. The Morgan fingerprint density at radius 3 is 1.54 bits per heavy atom. The highest BCUT2D eigenvalue weighted by molar-refractivity contribution is 7.89. The van der Waals surface area contributed by atoms with E-state index in [1.807, 2.05) is 0 Å². The van der Waals surface area contributed by atoms with Gasteiger partial charge in [0.15, 0.2) is 0 Å². The molecule has 6 N–H and O–H groups in total. The molecular weight excluding hydrogens is 500 g/mol. The summed E-state index contributed by atoms with van der Waals surface area (Å²) in [6.07, 6.45) is 0. The van der Waals surface area contributed by atoms with Crippen molar-refractivity contribution in [3.05, 3.63) is 46.6 Å². The smallest absolute Gasteiger partial charge is 0.240 e. The van der Waals surface area contributed by atoms with Crippen molar-refractivity contribution < 1.29 is 30.7 Å². The van der Waals surface area contributed by atoms with Gasteiger partial charge in [0.2, 0.25) is 25.5 Å². The van der Waals surface area contributed by atoms with E-state index in [0.717, 1.165) is 0 Å². The molecule has 1 heterocycles. The lowest BCUT2D eigenvalue weighted by Crippen LogP contribution is -2.28. The molecule has 0 aliphatic carbocycles. The molecule has 192 valence electrons. The second-order valence-electron chi connectivity index (χ2n) is 7.34. The second kappa shape index (κ2) is 12.0. The first-order valence-electron chi connectivity index (χ1n) is 10.7. The number of fused-ring (bicyclic) bond motifs is 2. The molecule has 12 nitrogen and oxygen atoms in total. The third-order valence-corrected chi connectivity index (χ3v) is 7.75. The molecule has 0 atom stereocenters. The van der Waals surface area contributed by atoms with Gasteiger partial charge in [0.05, 0.1) is 47.0 Å². The Morgan fingerprint density at radius 2 is 1.14 bits per heavy atom. The van der Waals surface area contributed by atoms with Crippen LogP contribution in [0.15, 0.2) is 55.4 Å². The van der Waals surface area contributed by atoms with Crippen LogP contribution < -0.4 is 26.3 Å². The fourth-order valence-corrected chi connectivity index (χ4v) is 5.26. The van der Waals surface area contributed by atoms with E-state index >= 15 is 0 Å². The van der Waals surface area contributed by atoms with E-state index in [0.29, 0.717) is 26.3 Å². The Hall–Kier alpha value is -2.43. The first-order valence-corrected chi connectivity index (χ1v) is 13.7. The molecule has 1 aromatic heterocycles. The average Bonchev–Trinajstić information content (AvgIpc) is 2.83. The zero-order chi connectivity index (χ0) is 25.5. The van der Waals surface area contributed by atoms with Crippen LogP contribution in [0.4, 0.5) is 0 Å². The van der Waals surface area contributed by atoms with Gasteiger partial charge in [-0.1, -0.05) is 0 Å². The summed E-state index contributed by atoms with van der Waals surface area (Å²) in [5.41, 5.74) is 10.4. The molecule has 0 amide bonds. The Morgan fingerprint density at radius 1 is 0.714 bits per heavy atom. The number of hydrogen-bond acceptors (Lipinski definition) is 10. The normalized spacial score (nSPS) is 12.5. The van der Waals surface area contributed by atoms with Crippen molar-refractivity contribution in [2.24, 2.45) is 11.5 Å². The predicted octanol–water partition coefficient (Wildman–Crippen LogP) is -0.547. The zero-order valence-corrected chi connectivity index (χ0v) is 20.5. The fourth-order valence-electron chi connectivity index (χ4n) is 3.18. The topological polar surface area (TPSA) is 193 Å². The van der Waals surface area contributed by atoms with Crippen LogP contribution in [0.3, 0.4) is 0 Å². The molecule has 3 aromatic rings. The number of nitrogens with one attached hydrogen (secondary N) is 2. The SMILES string of the molecule is NCCOCCNS(=O)(=O)c1ccc2oc3ccc(S(=O)(=O)NCCOCCN)cc3c(=O)c2c1. The Labute approximate surface area is 202 Å². The number of sulfonamides is 2. The van der Waals surface area contributed by atoms with E-state index in [1.54, 1.807) is 0 Å². The number of ether oxygens (including phenoxy) is 2.